The van der Waals surface area contributed by atoms with Crippen LogP contribution in [0.1, 0.15) is 5.56 Å². The molecule has 0 radical (unpaired) electrons. The number of amides is 2. The van der Waals surface area contributed by atoms with Gasteiger partial charge in [0.1, 0.15) is 5.82 Å². The Hall–Kier alpha value is -2.07. The third kappa shape index (κ3) is 4.26. The highest BCUT2D eigenvalue weighted by atomic mass is 35.5. The molecule has 0 bridgehead atoms. The van der Waals surface area contributed by atoms with E-state index >= 15 is 0 Å². The zero-order valence-electron chi connectivity index (χ0n) is 9.99. The third-order valence-electron chi connectivity index (χ3n) is 2.45. The molecule has 0 aromatic heterocycles. The number of urea groups is 1. The van der Waals surface area contributed by atoms with Crippen LogP contribution in [0.2, 0.25) is 5.02 Å². The van der Waals surface area contributed by atoms with E-state index in [4.69, 9.17) is 11.6 Å². The Morgan fingerprint density at radius 1 is 1.16 bits per heavy atom. The Labute approximate surface area is 115 Å². The van der Waals surface area contributed by atoms with Crippen molar-refractivity contribution in [1.29, 1.82) is 0 Å². The number of carbonyl (C=O) groups excluding carboxylic acids is 1. The van der Waals surface area contributed by atoms with Gasteiger partial charge in [0.2, 0.25) is 0 Å². The topological polar surface area (TPSA) is 41.1 Å². The molecule has 2 amide bonds. The summed E-state index contributed by atoms with van der Waals surface area (Å²) in [6.07, 6.45) is 0. The van der Waals surface area contributed by atoms with E-state index < -0.39 is 5.82 Å². The predicted octanol–water partition coefficient (Wildman–Crippen LogP) is 3.80. The number of nitrogens with one attached hydrogen (secondary N) is 2. The molecule has 2 aromatic rings. The molecule has 0 heterocycles. The summed E-state index contributed by atoms with van der Waals surface area (Å²) in [5.41, 5.74) is 1.34. The van der Waals surface area contributed by atoms with Crippen LogP contribution in [0.15, 0.2) is 48.5 Å². The number of hydrogen-bond donors (Lipinski definition) is 2. The first-order valence-electron chi connectivity index (χ1n) is 5.68. The summed E-state index contributed by atoms with van der Waals surface area (Å²) in [6.45, 7) is 0.373. The molecule has 0 unspecified atom stereocenters. The molecule has 19 heavy (non-hydrogen) atoms. The van der Waals surface area contributed by atoms with Crippen LogP contribution in [0.25, 0.3) is 0 Å². The van der Waals surface area contributed by atoms with Crippen molar-refractivity contribution in [2.45, 2.75) is 6.54 Å². The molecule has 0 fully saturated rings. The van der Waals surface area contributed by atoms with E-state index in [1.165, 1.54) is 18.2 Å². The van der Waals surface area contributed by atoms with Gasteiger partial charge in [-0.15, -0.1) is 0 Å². The summed E-state index contributed by atoms with van der Waals surface area (Å²) in [4.78, 5) is 11.6. The molecular formula is C14H12ClFN2O. The highest BCUT2D eigenvalue weighted by Crippen LogP contribution is 2.10. The highest BCUT2D eigenvalue weighted by Gasteiger charge is 2.02. The number of carbonyl (C=O) groups is 1. The number of rotatable bonds is 3. The average Bonchev–Trinajstić information content (AvgIpc) is 2.38. The van der Waals surface area contributed by atoms with Crippen LogP contribution in [-0.4, -0.2) is 6.03 Å². The van der Waals surface area contributed by atoms with Gasteiger partial charge in [0, 0.05) is 17.3 Å². The molecule has 3 nitrogen and oxygen atoms in total. The second-order valence-corrected chi connectivity index (χ2v) is 4.38. The van der Waals surface area contributed by atoms with Crippen molar-refractivity contribution in [3.63, 3.8) is 0 Å². The SMILES string of the molecule is O=C(NCc1ccc(Cl)cc1)Nc1cccc(F)c1. The summed E-state index contributed by atoms with van der Waals surface area (Å²) in [5, 5.41) is 5.87. The van der Waals surface area contributed by atoms with Crippen LogP contribution in [0.3, 0.4) is 0 Å². The minimum absolute atomic E-state index is 0.373. The molecule has 0 aliphatic heterocycles. The Kier molecular flexibility index (Phi) is 4.36. The van der Waals surface area contributed by atoms with E-state index in [2.05, 4.69) is 10.6 Å². The van der Waals surface area contributed by atoms with Crippen LogP contribution < -0.4 is 10.6 Å². The van der Waals surface area contributed by atoms with Crippen molar-refractivity contribution in [2.24, 2.45) is 0 Å². The number of benzene rings is 2. The van der Waals surface area contributed by atoms with Crippen molar-refractivity contribution in [1.82, 2.24) is 5.32 Å². The standard InChI is InChI=1S/C14H12ClFN2O/c15-11-6-4-10(5-7-11)9-17-14(19)18-13-3-1-2-12(16)8-13/h1-8H,9H2,(H2,17,18,19). The fourth-order valence-corrected chi connectivity index (χ4v) is 1.65. The maximum absolute atomic E-state index is 12.9. The van der Waals surface area contributed by atoms with Gasteiger partial charge < -0.3 is 10.6 Å². The molecule has 0 aliphatic rings. The molecule has 2 N–H and O–H groups in total. The highest BCUT2D eigenvalue weighted by molar-refractivity contribution is 6.30. The molecule has 0 aliphatic carbocycles. The average molecular weight is 279 g/mol. The van der Waals surface area contributed by atoms with E-state index in [1.807, 2.05) is 12.1 Å². The van der Waals surface area contributed by atoms with E-state index in [-0.39, 0.29) is 6.03 Å². The van der Waals surface area contributed by atoms with E-state index in [1.54, 1.807) is 18.2 Å². The van der Waals surface area contributed by atoms with Crippen LogP contribution in [0, 0.1) is 5.82 Å². The first kappa shape index (κ1) is 13.4. The van der Waals surface area contributed by atoms with Gasteiger partial charge in [-0.1, -0.05) is 29.8 Å². The molecular weight excluding hydrogens is 267 g/mol. The van der Waals surface area contributed by atoms with E-state index in [0.717, 1.165) is 5.56 Å². The van der Waals surface area contributed by atoms with Crippen LogP contribution in [0.5, 0.6) is 0 Å². The zero-order valence-corrected chi connectivity index (χ0v) is 10.7. The smallest absolute Gasteiger partial charge is 0.319 e. The van der Waals surface area contributed by atoms with Gasteiger partial charge in [-0.3, -0.25) is 0 Å². The summed E-state index contributed by atoms with van der Waals surface area (Å²) in [7, 11) is 0. The van der Waals surface area contributed by atoms with Crippen molar-refractivity contribution in [3.8, 4) is 0 Å². The minimum Gasteiger partial charge on any atom is -0.334 e. The molecule has 98 valence electrons. The third-order valence-corrected chi connectivity index (χ3v) is 2.70. The van der Waals surface area contributed by atoms with Crippen LogP contribution >= 0.6 is 11.6 Å². The molecule has 5 heteroatoms. The summed E-state index contributed by atoms with van der Waals surface area (Å²) < 4.78 is 12.9. The van der Waals surface area contributed by atoms with Crippen molar-refractivity contribution >= 4 is 23.3 Å². The van der Waals surface area contributed by atoms with E-state index in [0.29, 0.717) is 17.3 Å². The Balaban J connectivity index is 1.86. The Morgan fingerprint density at radius 2 is 1.89 bits per heavy atom. The summed E-state index contributed by atoms with van der Waals surface area (Å²) >= 11 is 5.76. The van der Waals surface area contributed by atoms with Gasteiger partial charge >= 0.3 is 6.03 Å². The maximum atomic E-state index is 12.9. The summed E-state index contributed by atoms with van der Waals surface area (Å²) in [6, 6.07) is 12.5. The molecule has 0 atom stereocenters. The van der Waals surface area contributed by atoms with Crippen LogP contribution in [0.4, 0.5) is 14.9 Å². The second-order valence-electron chi connectivity index (χ2n) is 3.94. The zero-order chi connectivity index (χ0) is 13.7. The lowest BCUT2D eigenvalue weighted by atomic mass is 10.2. The van der Waals surface area contributed by atoms with Gasteiger partial charge in [0.05, 0.1) is 0 Å². The van der Waals surface area contributed by atoms with Crippen molar-refractivity contribution in [2.75, 3.05) is 5.32 Å². The molecule has 2 rings (SSSR count). The number of anilines is 1. The fraction of sp³-hybridized carbons (Fsp3) is 0.0714. The largest absolute Gasteiger partial charge is 0.334 e. The first-order valence-corrected chi connectivity index (χ1v) is 6.06. The monoisotopic (exact) mass is 278 g/mol. The Morgan fingerprint density at radius 3 is 2.58 bits per heavy atom. The quantitative estimate of drug-likeness (QED) is 0.881. The molecule has 2 aromatic carbocycles. The predicted molar refractivity (Wildman–Crippen MR) is 73.7 cm³/mol. The van der Waals surface area contributed by atoms with Crippen molar-refractivity contribution < 1.29 is 9.18 Å². The number of halogens is 2. The molecule has 0 saturated heterocycles. The van der Waals surface area contributed by atoms with Gasteiger partial charge in [-0.25, -0.2) is 9.18 Å². The maximum Gasteiger partial charge on any atom is 0.319 e. The van der Waals surface area contributed by atoms with Gasteiger partial charge in [0.15, 0.2) is 0 Å². The van der Waals surface area contributed by atoms with Gasteiger partial charge in [-0.05, 0) is 35.9 Å². The molecule has 0 saturated carbocycles. The van der Waals surface area contributed by atoms with Gasteiger partial charge in [-0.2, -0.15) is 0 Å². The summed E-state index contributed by atoms with van der Waals surface area (Å²) in [5.74, 6) is -0.393. The lowest BCUT2D eigenvalue weighted by Crippen LogP contribution is -2.28. The Bertz CT molecular complexity index is 572. The number of hydrogen-bond acceptors (Lipinski definition) is 1. The van der Waals surface area contributed by atoms with E-state index in [9.17, 15) is 9.18 Å². The lowest BCUT2D eigenvalue weighted by molar-refractivity contribution is 0.251. The first-order chi connectivity index (χ1) is 9.13. The molecule has 0 spiro atoms. The van der Waals surface area contributed by atoms with Crippen molar-refractivity contribution in [3.05, 3.63) is 64.9 Å². The minimum atomic E-state index is -0.393. The normalized spacial score (nSPS) is 10.0. The van der Waals surface area contributed by atoms with Gasteiger partial charge in [0.25, 0.3) is 0 Å². The fourth-order valence-electron chi connectivity index (χ4n) is 1.53. The van der Waals surface area contributed by atoms with Crippen LogP contribution in [-0.2, 0) is 6.54 Å². The lowest BCUT2D eigenvalue weighted by Gasteiger charge is -2.07. The second kappa shape index (κ2) is 6.20.